The van der Waals surface area contributed by atoms with Gasteiger partial charge in [0.25, 0.3) is 5.56 Å². The summed E-state index contributed by atoms with van der Waals surface area (Å²) in [5, 5.41) is 3.67. The number of hydrogen-bond acceptors (Lipinski definition) is 4. The van der Waals surface area contributed by atoms with E-state index < -0.39 is 5.82 Å². The molecule has 0 unspecified atom stereocenters. The van der Waals surface area contributed by atoms with Gasteiger partial charge < -0.3 is 15.0 Å². The summed E-state index contributed by atoms with van der Waals surface area (Å²) in [5.41, 5.74) is 1.02. The number of nitrogens with one attached hydrogen (secondary N) is 2. The summed E-state index contributed by atoms with van der Waals surface area (Å²) in [6.07, 6.45) is 0. The first-order chi connectivity index (χ1) is 11.6. The van der Waals surface area contributed by atoms with Gasteiger partial charge in [0, 0.05) is 11.8 Å². The Bertz CT molecular complexity index is 924. The summed E-state index contributed by atoms with van der Waals surface area (Å²) >= 11 is 0. The van der Waals surface area contributed by atoms with Gasteiger partial charge in [-0.25, -0.2) is 9.37 Å². The van der Waals surface area contributed by atoms with Crippen LogP contribution in [0.2, 0.25) is 0 Å². The fourth-order valence-electron chi connectivity index (χ4n) is 2.49. The predicted molar refractivity (Wildman–Crippen MR) is 92.0 cm³/mol. The molecule has 0 aliphatic carbocycles. The monoisotopic (exact) mass is 327 g/mol. The molecule has 0 aliphatic rings. The van der Waals surface area contributed by atoms with Crippen LogP contribution in [0.15, 0.2) is 47.3 Å². The standard InChI is InChI=1S/C18H18FN3O2/c1-3-24-16-9-8-12(10-14(16)19)20-11(2)17-21-15-7-5-4-6-13(15)18(23)22-17/h4-11,20H,3H2,1-2H3,(H,21,22,23)/t11-/m1/s1. The third-order valence-electron chi connectivity index (χ3n) is 3.66. The second kappa shape index (κ2) is 6.70. The number of H-pyrrole nitrogens is 1. The molecule has 124 valence electrons. The van der Waals surface area contributed by atoms with Gasteiger partial charge >= 0.3 is 0 Å². The van der Waals surface area contributed by atoms with Crippen molar-refractivity contribution in [2.24, 2.45) is 0 Å². The lowest BCUT2D eigenvalue weighted by atomic mass is 10.2. The number of anilines is 1. The van der Waals surface area contributed by atoms with Gasteiger partial charge in [0.2, 0.25) is 0 Å². The molecule has 0 saturated carbocycles. The largest absolute Gasteiger partial charge is 0.491 e. The third-order valence-corrected chi connectivity index (χ3v) is 3.66. The van der Waals surface area contributed by atoms with Crippen molar-refractivity contribution in [3.63, 3.8) is 0 Å². The van der Waals surface area contributed by atoms with Crippen LogP contribution in [0.4, 0.5) is 10.1 Å². The molecule has 2 N–H and O–H groups in total. The lowest BCUT2D eigenvalue weighted by Crippen LogP contribution is -2.17. The van der Waals surface area contributed by atoms with E-state index in [1.807, 2.05) is 13.0 Å². The molecule has 0 bridgehead atoms. The van der Waals surface area contributed by atoms with Crippen molar-refractivity contribution >= 4 is 16.6 Å². The maximum absolute atomic E-state index is 13.9. The molecule has 0 radical (unpaired) electrons. The zero-order valence-corrected chi connectivity index (χ0v) is 13.5. The van der Waals surface area contributed by atoms with Crippen LogP contribution in [-0.2, 0) is 0 Å². The summed E-state index contributed by atoms with van der Waals surface area (Å²) in [6, 6.07) is 11.5. The number of hydrogen-bond donors (Lipinski definition) is 2. The Morgan fingerprint density at radius 2 is 2.08 bits per heavy atom. The van der Waals surface area contributed by atoms with Crippen molar-refractivity contribution in [3.05, 3.63) is 64.5 Å². The smallest absolute Gasteiger partial charge is 0.258 e. The minimum absolute atomic E-state index is 0.192. The Morgan fingerprint density at radius 3 is 2.83 bits per heavy atom. The van der Waals surface area contributed by atoms with E-state index in [0.717, 1.165) is 0 Å². The lowest BCUT2D eigenvalue weighted by molar-refractivity contribution is 0.321. The average molecular weight is 327 g/mol. The van der Waals surface area contributed by atoms with Crippen LogP contribution < -0.4 is 15.6 Å². The van der Waals surface area contributed by atoms with Crippen molar-refractivity contribution in [2.45, 2.75) is 19.9 Å². The number of para-hydroxylation sites is 1. The van der Waals surface area contributed by atoms with E-state index in [1.165, 1.54) is 6.07 Å². The zero-order valence-electron chi connectivity index (χ0n) is 13.5. The van der Waals surface area contributed by atoms with Gasteiger partial charge in [-0.3, -0.25) is 4.79 Å². The maximum Gasteiger partial charge on any atom is 0.258 e. The molecule has 0 aliphatic heterocycles. The molecule has 0 amide bonds. The van der Waals surface area contributed by atoms with Gasteiger partial charge in [0.1, 0.15) is 5.82 Å². The molecule has 6 heteroatoms. The molecule has 1 atom stereocenters. The van der Waals surface area contributed by atoms with Gasteiger partial charge in [-0.2, -0.15) is 0 Å². The Labute approximate surface area is 138 Å². The van der Waals surface area contributed by atoms with Gasteiger partial charge in [-0.05, 0) is 38.1 Å². The molecule has 1 heterocycles. The molecule has 2 aromatic carbocycles. The summed E-state index contributed by atoms with van der Waals surface area (Å²) in [6.45, 7) is 4.05. The third kappa shape index (κ3) is 3.22. The number of aromatic amines is 1. The van der Waals surface area contributed by atoms with E-state index in [0.29, 0.717) is 29.0 Å². The predicted octanol–water partition coefficient (Wildman–Crippen LogP) is 3.63. The highest BCUT2D eigenvalue weighted by Crippen LogP contribution is 2.24. The summed E-state index contributed by atoms with van der Waals surface area (Å²) in [4.78, 5) is 19.4. The highest BCUT2D eigenvalue weighted by molar-refractivity contribution is 5.77. The zero-order chi connectivity index (χ0) is 17.1. The number of ether oxygens (including phenoxy) is 1. The maximum atomic E-state index is 13.9. The van der Waals surface area contributed by atoms with Crippen LogP contribution in [0.1, 0.15) is 25.7 Å². The molecule has 24 heavy (non-hydrogen) atoms. The van der Waals surface area contributed by atoms with E-state index in [2.05, 4.69) is 15.3 Å². The molecule has 1 aromatic heterocycles. The van der Waals surface area contributed by atoms with Crippen LogP contribution in [0.5, 0.6) is 5.75 Å². The number of halogens is 1. The van der Waals surface area contributed by atoms with Crippen LogP contribution >= 0.6 is 0 Å². The van der Waals surface area contributed by atoms with Crippen molar-refractivity contribution in [3.8, 4) is 5.75 Å². The van der Waals surface area contributed by atoms with Crippen LogP contribution in [0.25, 0.3) is 10.9 Å². The summed E-state index contributed by atoms with van der Waals surface area (Å²) in [7, 11) is 0. The lowest BCUT2D eigenvalue weighted by Gasteiger charge is -2.15. The fourth-order valence-corrected chi connectivity index (χ4v) is 2.49. The van der Waals surface area contributed by atoms with Gasteiger partial charge in [0.05, 0.1) is 23.6 Å². The average Bonchev–Trinajstić information content (AvgIpc) is 2.57. The fraction of sp³-hybridized carbons (Fsp3) is 0.222. The number of benzene rings is 2. The second-order valence-corrected chi connectivity index (χ2v) is 5.41. The number of aromatic nitrogens is 2. The Kier molecular flexibility index (Phi) is 4.46. The van der Waals surface area contributed by atoms with Crippen molar-refractivity contribution < 1.29 is 9.13 Å². The van der Waals surface area contributed by atoms with E-state index in [1.54, 1.807) is 37.3 Å². The highest BCUT2D eigenvalue weighted by Gasteiger charge is 2.12. The number of nitrogens with zero attached hydrogens (tertiary/aromatic N) is 1. The first-order valence-corrected chi connectivity index (χ1v) is 7.76. The summed E-state index contributed by atoms with van der Waals surface area (Å²) in [5.74, 6) is 0.273. The first-order valence-electron chi connectivity index (χ1n) is 7.76. The van der Waals surface area contributed by atoms with Crippen LogP contribution in [0.3, 0.4) is 0 Å². The SMILES string of the molecule is CCOc1ccc(N[C@H](C)c2nc3ccccc3c(=O)[nH]2)cc1F. The molecule has 3 aromatic rings. The Morgan fingerprint density at radius 1 is 1.29 bits per heavy atom. The normalized spacial score (nSPS) is 12.1. The Hall–Kier alpha value is -2.89. The van der Waals surface area contributed by atoms with Crippen molar-refractivity contribution in [1.29, 1.82) is 0 Å². The molecule has 3 rings (SSSR count). The number of fused-ring (bicyclic) bond motifs is 1. The van der Waals surface area contributed by atoms with Crippen LogP contribution in [0, 0.1) is 5.82 Å². The molecular formula is C18H18FN3O2. The minimum atomic E-state index is -0.436. The highest BCUT2D eigenvalue weighted by atomic mass is 19.1. The quantitative estimate of drug-likeness (QED) is 0.751. The molecule has 0 fully saturated rings. The van der Waals surface area contributed by atoms with Gasteiger partial charge in [-0.1, -0.05) is 12.1 Å². The van der Waals surface area contributed by atoms with E-state index in [9.17, 15) is 9.18 Å². The topological polar surface area (TPSA) is 67.0 Å². The molecular weight excluding hydrogens is 309 g/mol. The molecule has 0 saturated heterocycles. The minimum Gasteiger partial charge on any atom is -0.491 e. The number of rotatable bonds is 5. The first kappa shape index (κ1) is 16.0. The van der Waals surface area contributed by atoms with E-state index >= 15 is 0 Å². The second-order valence-electron chi connectivity index (χ2n) is 5.41. The molecule has 0 spiro atoms. The van der Waals surface area contributed by atoms with Gasteiger partial charge in [0.15, 0.2) is 11.6 Å². The summed E-state index contributed by atoms with van der Waals surface area (Å²) < 4.78 is 19.1. The van der Waals surface area contributed by atoms with E-state index in [-0.39, 0.29) is 17.4 Å². The van der Waals surface area contributed by atoms with Crippen molar-refractivity contribution in [1.82, 2.24) is 9.97 Å². The molecule has 5 nitrogen and oxygen atoms in total. The van der Waals surface area contributed by atoms with Gasteiger partial charge in [-0.15, -0.1) is 0 Å². The Balaban J connectivity index is 1.86. The van der Waals surface area contributed by atoms with Crippen LogP contribution in [-0.4, -0.2) is 16.6 Å². The van der Waals surface area contributed by atoms with E-state index in [4.69, 9.17) is 4.74 Å². The van der Waals surface area contributed by atoms with Crippen molar-refractivity contribution in [2.75, 3.05) is 11.9 Å².